The van der Waals surface area contributed by atoms with Crippen LogP contribution in [0, 0.1) is 0 Å². The Hall–Kier alpha value is -4.10. The molecule has 4 rings (SSSR count). The molecule has 2 heterocycles. The molecule has 2 aromatic carbocycles. The first-order valence-electron chi connectivity index (χ1n) is 20.8. The predicted octanol–water partition coefficient (Wildman–Crippen LogP) is 4.87. The molecule has 0 amide bonds. The zero-order valence-corrected chi connectivity index (χ0v) is 40.4. The number of carbonyl (C=O) groups is 1. The summed E-state index contributed by atoms with van der Waals surface area (Å²) in [6.07, 6.45) is 14.2. The molecule has 0 radical (unpaired) electrons. The molecule has 65 heavy (non-hydrogen) atoms. The molecule has 2 aliphatic heterocycles. The molecule has 0 aromatic heterocycles. The average Bonchev–Trinajstić information content (AvgIpc) is 3.60. The van der Waals surface area contributed by atoms with Crippen molar-refractivity contribution in [3.8, 4) is 0 Å². The Kier molecular flexibility index (Phi) is 18.6. The normalized spacial score (nSPS) is 20.0. The molecule has 2 aliphatic rings. The number of ether oxygens (including phenoxy) is 2. The second-order valence-electron chi connectivity index (χ2n) is 16.0. The van der Waals surface area contributed by atoms with E-state index in [1.165, 1.54) is 31.4 Å². The van der Waals surface area contributed by atoms with Crippen molar-refractivity contribution in [3.63, 3.8) is 0 Å². The van der Waals surface area contributed by atoms with Crippen molar-refractivity contribution in [1.29, 1.82) is 0 Å². The smallest absolute Gasteiger partial charge is 0.303 e. The Morgan fingerprint density at radius 3 is 2.08 bits per heavy atom. The highest BCUT2D eigenvalue weighted by Crippen LogP contribution is 2.51. The molecule has 0 bridgehead atoms. The molecular weight excluding hydrogens is 927 g/mol. The highest BCUT2D eigenvalue weighted by Gasteiger charge is 2.48. The van der Waals surface area contributed by atoms with E-state index < -0.39 is 62.9 Å². The second kappa shape index (κ2) is 22.6. The number of nitrogens with zero attached hydrogens (tertiary/aromatic N) is 2. The number of sulfonamides is 1. The predicted molar refractivity (Wildman–Crippen MR) is 246 cm³/mol. The number of benzene rings is 2. The minimum atomic E-state index is -4.61. The van der Waals surface area contributed by atoms with Gasteiger partial charge in [0.25, 0.3) is 30.4 Å². The van der Waals surface area contributed by atoms with Crippen molar-refractivity contribution in [2.75, 3.05) is 70.6 Å². The first-order valence-corrected chi connectivity index (χ1v) is 26.9. The molecular formula is C43H60N3O15S4+. The maximum atomic E-state index is 13.1. The SMILES string of the molecule is COCCNS(=O)(=O)CCC1(C)C(=CC=CC=CC=CC2=[N+](CCCCCC(=O)O)c3ccc(S(=O)(=O)O)cc3C2(C)CCCS(=O)(=O)O)N(CCOC)c2ccc(S(=O)(=O)OC)cc21. The number of carboxylic acids is 1. The third kappa shape index (κ3) is 14.0. The van der Waals surface area contributed by atoms with Crippen molar-refractivity contribution in [2.24, 2.45) is 0 Å². The number of anilines is 1. The van der Waals surface area contributed by atoms with Gasteiger partial charge in [-0.15, -0.1) is 0 Å². The fourth-order valence-electron chi connectivity index (χ4n) is 8.19. The lowest BCUT2D eigenvalue weighted by atomic mass is 9.76. The standard InChI is InChI=1S/C43H59N3O15S4/c1-42(22-14-29-63(51,52)53)35-31-33(64(54,55)56)18-20-37(35)45(25-13-9-12-17-41(47)48)39(42)15-10-7-6-8-11-16-40-43(2,23-30-62(49,50)44-24-27-59-3)36-32-34(65(57,58)61-5)19-21-38(36)46(40)26-28-60-4/h6-8,10-11,15-16,18-21,31-32,44H,9,12-14,17,22-30H2,1-5H3,(H2-,47,48,51,52,53,54,55,56)/p+1. The molecule has 18 nitrogen and oxygen atoms in total. The first kappa shape index (κ1) is 53.5. The summed E-state index contributed by atoms with van der Waals surface area (Å²) >= 11 is 0. The van der Waals surface area contributed by atoms with Gasteiger partial charge in [-0.3, -0.25) is 18.1 Å². The second-order valence-corrected chi connectivity index (χ2v) is 22.7. The van der Waals surface area contributed by atoms with E-state index in [2.05, 4.69) is 4.72 Å². The molecule has 2 atom stereocenters. The van der Waals surface area contributed by atoms with Gasteiger partial charge in [-0.05, 0) is 87.9 Å². The number of fused-ring (bicyclic) bond motifs is 2. The molecule has 22 heteroatoms. The molecule has 0 saturated heterocycles. The highest BCUT2D eigenvalue weighted by molar-refractivity contribution is 7.89. The number of carboxylic acid groups (broad SMARTS) is 1. The van der Waals surface area contributed by atoms with Gasteiger partial charge in [-0.1, -0.05) is 30.4 Å². The van der Waals surface area contributed by atoms with Gasteiger partial charge < -0.3 is 19.5 Å². The quantitative estimate of drug-likeness (QED) is 0.0306. The van der Waals surface area contributed by atoms with E-state index in [0.717, 1.165) is 7.11 Å². The summed E-state index contributed by atoms with van der Waals surface area (Å²) in [5.41, 5.74) is 1.78. The Morgan fingerprint density at radius 2 is 1.43 bits per heavy atom. The summed E-state index contributed by atoms with van der Waals surface area (Å²) < 4.78 is 139. The summed E-state index contributed by atoms with van der Waals surface area (Å²) in [5, 5.41) is 9.13. The van der Waals surface area contributed by atoms with Crippen molar-refractivity contribution >= 4 is 63.4 Å². The highest BCUT2D eigenvalue weighted by atomic mass is 32.2. The summed E-state index contributed by atoms with van der Waals surface area (Å²) in [5.74, 6) is -1.74. The van der Waals surface area contributed by atoms with Crippen molar-refractivity contribution in [1.82, 2.24) is 4.72 Å². The van der Waals surface area contributed by atoms with E-state index in [9.17, 15) is 47.6 Å². The van der Waals surface area contributed by atoms with E-state index in [-0.39, 0.29) is 54.4 Å². The lowest BCUT2D eigenvalue weighted by Crippen LogP contribution is -2.35. The molecule has 4 N–H and O–H groups in total. The fraction of sp³-hybridized carbons (Fsp3) is 0.488. The van der Waals surface area contributed by atoms with Gasteiger partial charge in [0.15, 0.2) is 5.71 Å². The van der Waals surface area contributed by atoms with E-state index in [4.69, 9.17) is 18.8 Å². The summed E-state index contributed by atoms with van der Waals surface area (Å²) in [4.78, 5) is 12.7. The monoisotopic (exact) mass is 986 g/mol. The minimum absolute atomic E-state index is 0.00116. The fourth-order valence-corrected chi connectivity index (χ4v) is 11.1. The van der Waals surface area contributed by atoms with Gasteiger partial charge in [-0.25, -0.2) is 13.1 Å². The number of methoxy groups -OCH3 is 2. The topological polar surface area (TPSA) is 260 Å². The summed E-state index contributed by atoms with van der Waals surface area (Å²) in [6, 6.07) is 8.81. The molecule has 2 aromatic rings. The zero-order valence-electron chi connectivity index (χ0n) is 37.2. The Labute approximate surface area is 383 Å². The summed E-state index contributed by atoms with van der Waals surface area (Å²) in [6.45, 7) is 5.00. The third-order valence-corrected chi connectivity index (χ3v) is 15.9. The van der Waals surface area contributed by atoms with Crippen LogP contribution in [0.25, 0.3) is 0 Å². The van der Waals surface area contributed by atoms with Crippen LogP contribution in [0.5, 0.6) is 0 Å². The largest absolute Gasteiger partial charge is 0.481 e. The van der Waals surface area contributed by atoms with E-state index >= 15 is 0 Å². The number of aliphatic carboxylic acids is 1. The van der Waals surface area contributed by atoms with Crippen LogP contribution in [0.2, 0.25) is 0 Å². The van der Waals surface area contributed by atoms with Crippen LogP contribution in [0.15, 0.2) is 94.4 Å². The van der Waals surface area contributed by atoms with E-state index in [0.29, 0.717) is 72.9 Å². The summed E-state index contributed by atoms with van der Waals surface area (Å²) in [7, 11) is -12.7. The molecule has 0 aliphatic carbocycles. The number of hydrogen-bond donors (Lipinski definition) is 4. The number of rotatable bonds is 27. The number of nitrogens with one attached hydrogen (secondary N) is 1. The van der Waals surface area contributed by atoms with Crippen molar-refractivity contribution in [2.45, 2.75) is 79.4 Å². The van der Waals surface area contributed by atoms with Gasteiger partial charge in [-0.2, -0.15) is 29.8 Å². The molecule has 360 valence electrons. The molecule has 0 saturated carbocycles. The van der Waals surface area contributed by atoms with Crippen LogP contribution in [0.1, 0.15) is 69.9 Å². The first-order chi connectivity index (χ1) is 30.4. The Morgan fingerprint density at radius 1 is 0.769 bits per heavy atom. The number of hydrogen-bond acceptors (Lipinski definition) is 13. The maximum Gasteiger partial charge on any atom is 0.303 e. The molecule has 0 spiro atoms. The zero-order chi connectivity index (χ0) is 48.3. The van der Waals surface area contributed by atoms with Gasteiger partial charge >= 0.3 is 5.97 Å². The number of allylic oxidation sites excluding steroid dienone is 8. The average molecular weight is 987 g/mol. The molecule has 0 fully saturated rings. The van der Waals surface area contributed by atoms with Gasteiger partial charge in [0.2, 0.25) is 15.7 Å². The van der Waals surface area contributed by atoms with Crippen molar-refractivity contribution < 1.29 is 70.9 Å². The lowest BCUT2D eigenvalue weighted by Gasteiger charge is -2.30. The van der Waals surface area contributed by atoms with E-state index in [1.807, 2.05) is 35.5 Å². The van der Waals surface area contributed by atoms with Crippen LogP contribution in [0.4, 0.5) is 11.4 Å². The van der Waals surface area contributed by atoms with Crippen molar-refractivity contribution in [3.05, 3.63) is 95.8 Å². The number of unbranched alkanes of at least 4 members (excludes halogenated alkanes) is 2. The molecule has 2 unspecified atom stereocenters. The van der Waals surface area contributed by atoms with Crippen LogP contribution in [-0.2, 0) is 69.7 Å². The van der Waals surface area contributed by atoms with Gasteiger partial charge in [0.1, 0.15) is 6.54 Å². The minimum Gasteiger partial charge on any atom is -0.481 e. The van der Waals surface area contributed by atoms with Crippen LogP contribution in [0.3, 0.4) is 0 Å². The lowest BCUT2D eigenvalue weighted by molar-refractivity contribution is -0.438. The Bertz CT molecular complexity index is 2660. The maximum absolute atomic E-state index is 13.1. The van der Waals surface area contributed by atoms with Crippen LogP contribution < -0.4 is 9.62 Å². The van der Waals surface area contributed by atoms with E-state index in [1.54, 1.807) is 49.6 Å². The van der Waals surface area contributed by atoms with Gasteiger partial charge in [0.05, 0.1) is 47.0 Å². The van der Waals surface area contributed by atoms with Crippen LogP contribution in [-0.4, -0.2) is 130 Å². The Balaban J connectivity index is 1.75. The van der Waals surface area contributed by atoms with Crippen LogP contribution >= 0.6 is 0 Å². The van der Waals surface area contributed by atoms with Gasteiger partial charge in [0, 0.05) is 74.7 Å². The third-order valence-electron chi connectivity index (χ3n) is 11.5.